The van der Waals surface area contributed by atoms with Crippen molar-refractivity contribution < 1.29 is 4.79 Å². The zero-order chi connectivity index (χ0) is 15.1. The van der Waals surface area contributed by atoms with Crippen molar-refractivity contribution in [3.8, 4) is 0 Å². The van der Waals surface area contributed by atoms with E-state index >= 15 is 0 Å². The van der Waals surface area contributed by atoms with Crippen LogP contribution in [0, 0.1) is 0 Å². The number of aryl methyl sites for hydroxylation is 1. The number of rotatable bonds is 2. The van der Waals surface area contributed by atoms with Crippen LogP contribution < -0.4 is 5.32 Å². The third-order valence-electron chi connectivity index (χ3n) is 4.46. The van der Waals surface area contributed by atoms with Gasteiger partial charge in [-0.15, -0.1) is 0 Å². The van der Waals surface area contributed by atoms with Crippen LogP contribution in [0.1, 0.15) is 40.6 Å². The first-order valence-electron chi connectivity index (χ1n) is 7.62. The largest absolute Gasteiger partial charge is 0.351 e. The van der Waals surface area contributed by atoms with Gasteiger partial charge in [0.25, 0.3) is 5.91 Å². The fraction of sp³-hybridized carbons (Fsp3) is 0.294. The summed E-state index contributed by atoms with van der Waals surface area (Å²) < 4.78 is 1.91. The molecule has 1 aliphatic rings. The van der Waals surface area contributed by atoms with Gasteiger partial charge in [0.05, 0.1) is 12.2 Å². The number of para-hydroxylation sites is 1. The summed E-state index contributed by atoms with van der Waals surface area (Å²) in [6.07, 6.45) is 4.95. The third-order valence-corrected chi connectivity index (χ3v) is 4.46. The van der Waals surface area contributed by atoms with Gasteiger partial charge in [-0.3, -0.25) is 9.48 Å². The van der Waals surface area contributed by atoms with E-state index < -0.39 is 0 Å². The molecule has 1 amide bonds. The lowest BCUT2D eigenvalue weighted by atomic mass is 9.93. The first-order valence-corrected chi connectivity index (χ1v) is 7.62. The Kier molecular flexibility index (Phi) is 2.99. The standard InChI is InChI=1S/C17H18N4O/c1-21-16-8-4-7-14(12(16)10-18-21)20-17(22)15-9-11-5-2-3-6-13(11)19-15/h2-3,5-6,9-10,14,19H,4,7-8H2,1H3,(H,20,22)/t14-/m1/s1. The third kappa shape index (κ3) is 2.09. The number of aromatic amines is 1. The molecule has 2 N–H and O–H groups in total. The zero-order valence-electron chi connectivity index (χ0n) is 12.5. The highest BCUT2D eigenvalue weighted by molar-refractivity contribution is 5.98. The fourth-order valence-electron chi connectivity index (χ4n) is 3.29. The van der Waals surface area contributed by atoms with Crippen molar-refractivity contribution in [1.29, 1.82) is 0 Å². The highest BCUT2D eigenvalue weighted by atomic mass is 16.1. The Labute approximate surface area is 128 Å². The molecule has 3 aromatic rings. The van der Waals surface area contributed by atoms with Crippen LogP contribution in [0.2, 0.25) is 0 Å². The van der Waals surface area contributed by atoms with Gasteiger partial charge >= 0.3 is 0 Å². The lowest BCUT2D eigenvalue weighted by Gasteiger charge is -2.23. The number of carbonyl (C=O) groups excluding carboxylic acids is 1. The molecule has 2 aromatic heterocycles. The molecule has 0 saturated carbocycles. The highest BCUT2D eigenvalue weighted by Crippen LogP contribution is 2.29. The maximum Gasteiger partial charge on any atom is 0.268 e. The van der Waals surface area contributed by atoms with Crippen LogP contribution in [0.3, 0.4) is 0 Å². The average molecular weight is 294 g/mol. The second kappa shape index (κ2) is 5.02. The number of hydrogen-bond acceptors (Lipinski definition) is 2. The summed E-state index contributed by atoms with van der Waals surface area (Å²) in [5.41, 5.74) is 3.97. The molecule has 22 heavy (non-hydrogen) atoms. The van der Waals surface area contributed by atoms with Crippen LogP contribution >= 0.6 is 0 Å². The fourth-order valence-corrected chi connectivity index (χ4v) is 3.29. The van der Waals surface area contributed by atoms with Gasteiger partial charge in [-0.2, -0.15) is 5.10 Å². The molecule has 0 radical (unpaired) electrons. The molecular formula is C17H18N4O. The lowest BCUT2D eigenvalue weighted by molar-refractivity contribution is 0.0928. The number of fused-ring (bicyclic) bond motifs is 2. The molecule has 5 nitrogen and oxygen atoms in total. The minimum atomic E-state index is -0.0575. The van der Waals surface area contributed by atoms with Crippen molar-refractivity contribution >= 4 is 16.8 Å². The van der Waals surface area contributed by atoms with Crippen molar-refractivity contribution in [2.24, 2.45) is 7.05 Å². The molecule has 2 heterocycles. The number of carbonyl (C=O) groups is 1. The van der Waals surface area contributed by atoms with Crippen LogP contribution in [-0.2, 0) is 13.5 Å². The Balaban J connectivity index is 1.60. The summed E-state index contributed by atoms with van der Waals surface area (Å²) in [6, 6.07) is 9.87. The minimum absolute atomic E-state index is 0.0522. The summed E-state index contributed by atoms with van der Waals surface area (Å²) in [5, 5.41) is 8.52. The van der Waals surface area contributed by atoms with Crippen molar-refractivity contribution in [2.75, 3.05) is 0 Å². The molecule has 5 heteroatoms. The molecule has 0 bridgehead atoms. The maximum atomic E-state index is 12.5. The molecule has 112 valence electrons. The molecule has 4 rings (SSSR count). The van der Waals surface area contributed by atoms with Crippen LogP contribution in [0.5, 0.6) is 0 Å². The SMILES string of the molecule is Cn1ncc2c1CCC[C@H]2NC(=O)c1cc2ccccc2[nH]1. The normalized spacial score (nSPS) is 17.4. The number of amides is 1. The van der Waals surface area contributed by atoms with E-state index in [0.717, 1.165) is 35.7 Å². The number of H-pyrrole nitrogens is 1. The van der Waals surface area contributed by atoms with Gasteiger partial charge in [0, 0.05) is 29.2 Å². The summed E-state index contributed by atoms with van der Waals surface area (Å²) in [5.74, 6) is -0.0575. The Hall–Kier alpha value is -2.56. The summed E-state index contributed by atoms with van der Waals surface area (Å²) in [7, 11) is 1.96. The lowest BCUT2D eigenvalue weighted by Crippen LogP contribution is -2.31. The number of aromatic nitrogens is 3. The van der Waals surface area contributed by atoms with E-state index in [1.54, 1.807) is 0 Å². The molecule has 0 unspecified atom stereocenters. The number of nitrogens with one attached hydrogen (secondary N) is 2. The van der Waals surface area contributed by atoms with Crippen LogP contribution in [0.15, 0.2) is 36.5 Å². The van der Waals surface area contributed by atoms with Gasteiger partial charge in [-0.05, 0) is 31.4 Å². The Bertz CT molecular complexity index is 812. The van der Waals surface area contributed by atoms with Gasteiger partial charge in [0.1, 0.15) is 5.69 Å². The van der Waals surface area contributed by atoms with Crippen LogP contribution in [0.4, 0.5) is 0 Å². The van der Waals surface area contributed by atoms with Crippen molar-refractivity contribution in [1.82, 2.24) is 20.1 Å². The predicted molar refractivity (Wildman–Crippen MR) is 84.7 cm³/mol. The molecule has 1 aromatic carbocycles. The van der Waals surface area contributed by atoms with E-state index in [0.29, 0.717) is 5.69 Å². The van der Waals surface area contributed by atoms with E-state index in [4.69, 9.17) is 0 Å². The molecule has 0 aliphatic heterocycles. The van der Waals surface area contributed by atoms with Crippen molar-refractivity contribution in [3.63, 3.8) is 0 Å². The van der Waals surface area contributed by atoms with Gasteiger partial charge in [0.2, 0.25) is 0 Å². The first-order chi connectivity index (χ1) is 10.7. The number of benzene rings is 1. The Morgan fingerprint density at radius 2 is 2.27 bits per heavy atom. The molecule has 0 fully saturated rings. The second-order valence-corrected chi connectivity index (χ2v) is 5.86. The maximum absolute atomic E-state index is 12.5. The van der Waals surface area contributed by atoms with Crippen molar-refractivity contribution in [2.45, 2.75) is 25.3 Å². The summed E-state index contributed by atoms with van der Waals surface area (Å²) >= 11 is 0. The van der Waals surface area contributed by atoms with Crippen LogP contribution in [-0.4, -0.2) is 20.7 Å². The highest BCUT2D eigenvalue weighted by Gasteiger charge is 2.25. The average Bonchev–Trinajstić information content (AvgIpc) is 3.12. The number of hydrogen-bond donors (Lipinski definition) is 2. The minimum Gasteiger partial charge on any atom is -0.351 e. The quantitative estimate of drug-likeness (QED) is 0.763. The summed E-state index contributed by atoms with van der Waals surface area (Å²) in [6.45, 7) is 0. The van der Waals surface area contributed by atoms with E-state index in [1.807, 2.05) is 48.3 Å². The molecule has 1 aliphatic carbocycles. The van der Waals surface area contributed by atoms with Gasteiger partial charge in [-0.1, -0.05) is 18.2 Å². The van der Waals surface area contributed by atoms with E-state index in [9.17, 15) is 4.79 Å². The van der Waals surface area contributed by atoms with E-state index in [2.05, 4.69) is 15.4 Å². The monoisotopic (exact) mass is 294 g/mol. The van der Waals surface area contributed by atoms with Gasteiger partial charge in [0.15, 0.2) is 0 Å². The van der Waals surface area contributed by atoms with E-state index in [-0.39, 0.29) is 11.9 Å². The Morgan fingerprint density at radius 3 is 3.14 bits per heavy atom. The Morgan fingerprint density at radius 1 is 1.41 bits per heavy atom. The molecular weight excluding hydrogens is 276 g/mol. The van der Waals surface area contributed by atoms with Crippen molar-refractivity contribution in [3.05, 3.63) is 53.5 Å². The number of nitrogens with zero attached hydrogens (tertiary/aromatic N) is 2. The molecule has 0 spiro atoms. The zero-order valence-corrected chi connectivity index (χ0v) is 12.5. The molecule has 0 saturated heterocycles. The smallest absolute Gasteiger partial charge is 0.268 e. The van der Waals surface area contributed by atoms with Gasteiger partial charge < -0.3 is 10.3 Å². The van der Waals surface area contributed by atoms with Crippen LogP contribution in [0.25, 0.3) is 10.9 Å². The molecule has 1 atom stereocenters. The predicted octanol–water partition coefficient (Wildman–Crippen LogP) is 2.71. The first kappa shape index (κ1) is 13.1. The van der Waals surface area contributed by atoms with E-state index in [1.165, 1.54) is 5.69 Å². The van der Waals surface area contributed by atoms with Gasteiger partial charge in [-0.25, -0.2) is 0 Å². The second-order valence-electron chi connectivity index (χ2n) is 5.86. The summed E-state index contributed by atoms with van der Waals surface area (Å²) in [4.78, 5) is 15.7. The topological polar surface area (TPSA) is 62.7 Å².